The summed E-state index contributed by atoms with van der Waals surface area (Å²) < 4.78 is 13.3. The van der Waals surface area contributed by atoms with E-state index < -0.39 is 0 Å². The molecule has 0 radical (unpaired) electrons. The van der Waals surface area contributed by atoms with Crippen molar-refractivity contribution in [3.05, 3.63) is 35.8 Å². The van der Waals surface area contributed by atoms with Crippen molar-refractivity contribution in [1.29, 1.82) is 0 Å². The molecule has 1 aromatic carbocycles. The predicted molar refractivity (Wildman–Crippen MR) is 66.5 cm³/mol. The third kappa shape index (κ3) is 1.94. The Labute approximate surface area is 99.6 Å². The first-order chi connectivity index (χ1) is 8.24. The van der Waals surface area contributed by atoms with Crippen LogP contribution in [0.3, 0.4) is 0 Å². The van der Waals surface area contributed by atoms with Crippen LogP contribution in [0.25, 0.3) is 10.9 Å². The van der Waals surface area contributed by atoms with Crippen LogP contribution in [0.15, 0.2) is 24.4 Å². The zero-order valence-corrected chi connectivity index (χ0v) is 9.83. The molecule has 1 aliphatic rings. The van der Waals surface area contributed by atoms with Crippen LogP contribution in [-0.2, 0) is 0 Å². The van der Waals surface area contributed by atoms with Gasteiger partial charge in [0.1, 0.15) is 5.82 Å². The topological polar surface area (TPSA) is 31.1 Å². The number of nitrogens with one attached hydrogen (secondary N) is 2. The SMILES string of the molecule is CN1CCNC(c2c[nH]c3ccc(F)cc23)C1. The molecule has 1 fully saturated rings. The number of rotatable bonds is 1. The number of nitrogens with zero attached hydrogens (tertiary/aromatic N) is 1. The van der Waals surface area contributed by atoms with Gasteiger partial charge in [-0.1, -0.05) is 0 Å². The lowest BCUT2D eigenvalue weighted by molar-refractivity contribution is 0.241. The van der Waals surface area contributed by atoms with Gasteiger partial charge in [0.25, 0.3) is 0 Å². The Morgan fingerprint density at radius 2 is 2.29 bits per heavy atom. The second-order valence-electron chi connectivity index (χ2n) is 4.70. The van der Waals surface area contributed by atoms with Gasteiger partial charge in [-0.15, -0.1) is 0 Å². The average molecular weight is 233 g/mol. The minimum absolute atomic E-state index is 0.178. The van der Waals surface area contributed by atoms with Crippen molar-refractivity contribution in [2.75, 3.05) is 26.7 Å². The molecule has 1 aliphatic heterocycles. The summed E-state index contributed by atoms with van der Waals surface area (Å²) in [4.78, 5) is 5.49. The molecule has 2 aromatic rings. The van der Waals surface area contributed by atoms with Crippen molar-refractivity contribution in [3.63, 3.8) is 0 Å². The fourth-order valence-corrected chi connectivity index (χ4v) is 2.51. The fourth-order valence-electron chi connectivity index (χ4n) is 2.51. The van der Waals surface area contributed by atoms with E-state index in [0.29, 0.717) is 0 Å². The number of likely N-dealkylation sites (N-methyl/N-ethyl adjacent to an activating group) is 1. The van der Waals surface area contributed by atoms with E-state index >= 15 is 0 Å². The van der Waals surface area contributed by atoms with Gasteiger partial charge < -0.3 is 15.2 Å². The highest BCUT2D eigenvalue weighted by atomic mass is 19.1. The monoisotopic (exact) mass is 233 g/mol. The van der Waals surface area contributed by atoms with Gasteiger partial charge in [-0.3, -0.25) is 0 Å². The van der Waals surface area contributed by atoms with Crippen molar-refractivity contribution in [3.8, 4) is 0 Å². The molecule has 4 heteroatoms. The van der Waals surface area contributed by atoms with Crippen molar-refractivity contribution in [2.24, 2.45) is 0 Å². The van der Waals surface area contributed by atoms with E-state index in [1.807, 2.05) is 6.20 Å². The molecule has 0 amide bonds. The third-order valence-corrected chi connectivity index (χ3v) is 3.43. The van der Waals surface area contributed by atoms with Gasteiger partial charge in [0.05, 0.1) is 0 Å². The molecule has 2 heterocycles. The minimum Gasteiger partial charge on any atom is -0.361 e. The second-order valence-corrected chi connectivity index (χ2v) is 4.70. The summed E-state index contributed by atoms with van der Waals surface area (Å²) in [7, 11) is 2.11. The summed E-state index contributed by atoms with van der Waals surface area (Å²) in [5.41, 5.74) is 2.16. The van der Waals surface area contributed by atoms with Gasteiger partial charge in [-0.2, -0.15) is 0 Å². The molecule has 3 rings (SSSR count). The van der Waals surface area contributed by atoms with Gasteiger partial charge in [-0.25, -0.2) is 4.39 Å². The van der Waals surface area contributed by atoms with Crippen molar-refractivity contribution >= 4 is 10.9 Å². The van der Waals surface area contributed by atoms with Gasteiger partial charge in [0.2, 0.25) is 0 Å². The molecular weight excluding hydrogens is 217 g/mol. The number of piperazine rings is 1. The maximum atomic E-state index is 13.3. The molecular formula is C13H16FN3. The van der Waals surface area contributed by atoms with E-state index in [4.69, 9.17) is 0 Å². The van der Waals surface area contributed by atoms with E-state index in [1.54, 1.807) is 12.1 Å². The largest absolute Gasteiger partial charge is 0.361 e. The van der Waals surface area contributed by atoms with E-state index in [0.717, 1.165) is 36.1 Å². The Balaban J connectivity index is 2.01. The lowest BCUT2D eigenvalue weighted by Gasteiger charge is -2.30. The minimum atomic E-state index is -0.178. The quantitative estimate of drug-likeness (QED) is 0.788. The van der Waals surface area contributed by atoms with Gasteiger partial charge >= 0.3 is 0 Å². The van der Waals surface area contributed by atoms with E-state index in [-0.39, 0.29) is 11.9 Å². The normalized spacial score (nSPS) is 22.1. The molecule has 1 aromatic heterocycles. The maximum Gasteiger partial charge on any atom is 0.123 e. The molecule has 90 valence electrons. The summed E-state index contributed by atoms with van der Waals surface area (Å²) in [5.74, 6) is -0.178. The Kier molecular flexibility index (Phi) is 2.61. The zero-order valence-electron chi connectivity index (χ0n) is 9.83. The number of benzene rings is 1. The molecule has 1 unspecified atom stereocenters. The Morgan fingerprint density at radius 1 is 1.41 bits per heavy atom. The lowest BCUT2D eigenvalue weighted by atomic mass is 10.0. The zero-order chi connectivity index (χ0) is 11.8. The standard InChI is InChI=1S/C13H16FN3/c1-17-5-4-15-13(8-17)11-7-16-12-3-2-9(14)6-10(11)12/h2-3,6-7,13,15-16H,4-5,8H2,1H3. The summed E-state index contributed by atoms with van der Waals surface area (Å²) in [6, 6.07) is 5.17. The molecule has 17 heavy (non-hydrogen) atoms. The summed E-state index contributed by atoms with van der Waals surface area (Å²) in [6.45, 7) is 3.00. The number of fused-ring (bicyclic) bond motifs is 1. The van der Waals surface area contributed by atoms with Crippen LogP contribution in [0.1, 0.15) is 11.6 Å². The lowest BCUT2D eigenvalue weighted by Crippen LogP contribution is -2.43. The Morgan fingerprint density at radius 3 is 3.12 bits per heavy atom. The maximum absolute atomic E-state index is 13.3. The highest BCUT2D eigenvalue weighted by Gasteiger charge is 2.20. The van der Waals surface area contributed by atoms with Crippen LogP contribution >= 0.6 is 0 Å². The van der Waals surface area contributed by atoms with Crippen molar-refractivity contribution in [1.82, 2.24) is 15.2 Å². The van der Waals surface area contributed by atoms with Crippen LogP contribution in [-0.4, -0.2) is 36.6 Å². The number of aromatic amines is 1. The molecule has 1 atom stereocenters. The van der Waals surface area contributed by atoms with Crippen molar-refractivity contribution < 1.29 is 4.39 Å². The van der Waals surface area contributed by atoms with Crippen LogP contribution in [0.2, 0.25) is 0 Å². The fraction of sp³-hybridized carbons (Fsp3) is 0.385. The first-order valence-electron chi connectivity index (χ1n) is 5.92. The summed E-state index contributed by atoms with van der Waals surface area (Å²) in [6.07, 6.45) is 1.99. The van der Waals surface area contributed by atoms with Crippen molar-refractivity contribution in [2.45, 2.75) is 6.04 Å². The first kappa shape index (κ1) is 10.7. The highest BCUT2D eigenvalue weighted by molar-refractivity contribution is 5.83. The molecule has 0 spiro atoms. The Hall–Kier alpha value is -1.39. The van der Waals surface area contributed by atoms with E-state index in [9.17, 15) is 4.39 Å². The molecule has 2 N–H and O–H groups in total. The number of H-pyrrole nitrogens is 1. The number of halogens is 1. The molecule has 0 bridgehead atoms. The third-order valence-electron chi connectivity index (χ3n) is 3.43. The highest BCUT2D eigenvalue weighted by Crippen LogP contribution is 2.26. The second kappa shape index (κ2) is 4.13. The van der Waals surface area contributed by atoms with Gasteiger partial charge in [-0.05, 0) is 30.8 Å². The number of hydrogen-bond acceptors (Lipinski definition) is 2. The number of hydrogen-bond donors (Lipinski definition) is 2. The van der Waals surface area contributed by atoms with Gasteiger partial charge in [0, 0.05) is 42.8 Å². The smallest absolute Gasteiger partial charge is 0.123 e. The number of aromatic nitrogens is 1. The summed E-state index contributed by atoms with van der Waals surface area (Å²) >= 11 is 0. The van der Waals surface area contributed by atoms with Crippen LogP contribution in [0.4, 0.5) is 4.39 Å². The van der Waals surface area contributed by atoms with E-state index in [1.165, 1.54) is 6.07 Å². The molecule has 0 saturated carbocycles. The first-order valence-corrected chi connectivity index (χ1v) is 5.92. The van der Waals surface area contributed by atoms with Crippen LogP contribution in [0, 0.1) is 5.82 Å². The van der Waals surface area contributed by atoms with E-state index in [2.05, 4.69) is 22.2 Å². The average Bonchev–Trinajstić information content (AvgIpc) is 2.71. The molecule has 3 nitrogen and oxygen atoms in total. The van der Waals surface area contributed by atoms with Crippen LogP contribution in [0.5, 0.6) is 0 Å². The van der Waals surface area contributed by atoms with Gasteiger partial charge in [0.15, 0.2) is 0 Å². The Bertz CT molecular complexity index is 534. The van der Waals surface area contributed by atoms with Crippen LogP contribution < -0.4 is 5.32 Å². The molecule has 0 aliphatic carbocycles. The molecule has 1 saturated heterocycles. The summed E-state index contributed by atoms with van der Waals surface area (Å²) in [5, 5.41) is 4.46. The predicted octanol–water partition coefficient (Wildman–Crippen LogP) is 1.88.